The molecule has 6 nitrogen and oxygen atoms in total. The molecule has 1 aliphatic carbocycles. The van der Waals surface area contributed by atoms with Crippen LogP contribution in [0.1, 0.15) is 18.4 Å². The first kappa shape index (κ1) is 13.7. The van der Waals surface area contributed by atoms with Crippen LogP contribution in [-0.4, -0.2) is 57.5 Å². The zero-order valence-corrected chi connectivity index (χ0v) is 11.6. The van der Waals surface area contributed by atoms with E-state index >= 15 is 0 Å². The molecule has 0 unspecified atom stereocenters. The topological polar surface area (TPSA) is 78.7 Å². The lowest BCUT2D eigenvalue weighted by molar-refractivity contribution is -0.0372. The molecule has 0 amide bonds. The fraction of sp³-hybridized carbons (Fsp3) is 0.714. The van der Waals surface area contributed by atoms with E-state index in [1.54, 1.807) is 19.5 Å². The van der Waals surface area contributed by atoms with Crippen LogP contribution in [0.25, 0.3) is 0 Å². The van der Waals surface area contributed by atoms with Gasteiger partial charge in [-0.3, -0.25) is 4.90 Å². The standard InChI is InChI=1S/C14H21N3O3/c1-20-14-15-4-9(5-16-14)6-17-7-10-2-12(18)13(19)3-11(10)8-17/h4-5,10-13,18-19H,2-3,6-8H2,1H3/t10-,11+,12+,13-. The summed E-state index contributed by atoms with van der Waals surface area (Å²) in [5.74, 6) is 0.986. The summed E-state index contributed by atoms with van der Waals surface area (Å²) in [4.78, 5) is 10.6. The summed E-state index contributed by atoms with van der Waals surface area (Å²) in [5.41, 5.74) is 1.06. The Hall–Kier alpha value is -1.24. The van der Waals surface area contributed by atoms with Gasteiger partial charge in [0.1, 0.15) is 0 Å². The van der Waals surface area contributed by atoms with Crippen molar-refractivity contribution in [2.24, 2.45) is 11.8 Å². The molecule has 6 heteroatoms. The summed E-state index contributed by atoms with van der Waals surface area (Å²) >= 11 is 0. The molecular weight excluding hydrogens is 258 g/mol. The fourth-order valence-corrected chi connectivity index (χ4v) is 3.42. The van der Waals surface area contributed by atoms with Gasteiger partial charge in [-0.15, -0.1) is 0 Å². The van der Waals surface area contributed by atoms with Crippen LogP contribution in [0.4, 0.5) is 0 Å². The number of hydrogen-bond donors (Lipinski definition) is 2. The highest BCUT2D eigenvalue weighted by molar-refractivity contribution is 5.08. The molecule has 1 saturated carbocycles. The van der Waals surface area contributed by atoms with Crippen molar-refractivity contribution in [1.29, 1.82) is 0 Å². The summed E-state index contributed by atoms with van der Waals surface area (Å²) in [6.07, 6.45) is 3.89. The number of aromatic nitrogens is 2. The van der Waals surface area contributed by atoms with Crippen molar-refractivity contribution >= 4 is 0 Å². The zero-order chi connectivity index (χ0) is 14.1. The van der Waals surface area contributed by atoms with Crippen LogP contribution in [0.15, 0.2) is 12.4 Å². The molecule has 0 spiro atoms. The third kappa shape index (κ3) is 2.77. The lowest BCUT2D eigenvalue weighted by Gasteiger charge is -2.32. The molecule has 2 aliphatic rings. The SMILES string of the molecule is COc1ncc(CN2C[C@H]3C[C@H](O)[C@H](O)C[C@H]3C2)cn1. The Morgan fingerprint density at radius 2 is 1.70 bits per heavy atom. The van der Waals surface area contributed by atoms with Crippen molar-refractivity contribution in [2.45, 2.75) is 31.6 Å². The predicted octanol–water partition coefficient (Wildman–Crippen LogP) is 0.0488. The Labute approximate surface area is 118 Å². The van der Waals surface area contributed by atoms with E-state index in [9.17, 15) is 10.2 Å². The molecule has 1 aromatic rings. The maximum absolute atomic E-state index is 9.76. The van der Waals surface area contributed by atoms with Gasteiger partial charge in [0.25, 0.3) is 0 Å². The van der Waals surface area contributed by atoms with Gasteiger partial charge in [-0.05, 0) is 24.7 Å². The molecule has 1 saturated heterocycles. The molecule has 3 rings (SSSR count). The monoisotopic (exact) mass is 279 g/mol. The minimum absolute atomic E-state index is 0.384. The van der Waals surface area contributed by atoms with E-state index in [0.29, 0.717) is 30.7 Å². The van der Waals surface area contributed by atoms with Gasteiger partial charge in [-0.1, -0.05) is 0 Å². The Kier molecular flexibility index (Phi) is 3.87. The van der Waals surface area contributed by atoms with Crippen molar-refractivity contribution < 1.29 is 14.9 Å². The Balaban J connectivity index is 1.59. The highest BCUT2D eigenvalue weighted by atomic mass is 16.5. The van der Waals surface area contributed by atoms with Gasteiger partial charge in [0.2, 0.25) is 0 Å². The van der Waals surface area contributed by atoms with Crippen molar-refractivity contribution in [2.75, 3.05) is 20.2 Å². The maximum atomic E-state index is 9.76. The average Bonchev–Trinajstić information content (AvgIpc) is 2.81. The van der Waals surface area contributed by atoms with E-state index in [1.165, 1.54) is 0 Å². The van der Waals surface area contributed by atoms with Crippen molar-refractivity contribution in [3.63, 3.8) is 0 Å². The van der Waals surface area contributed by atoms with Gasteiger partial charge in [-0.25, -0.2) is 9.97 Å². The van der Waals surface area contributed by atoms with Crippen LogP contribution < -0.4 is 4.74 Å². The van der Waals surface area contributed by atoms with Crippen molar-refractivity contribution in [3.8, 4) is 6.01 Å². The number of hydrogen-bond acceptors (Lipinski definition) is 6. The molecule has 4 atom stereocenters. The maximum Gasteiger partial charge on any atom is 0.316 e. The van der Waals surface area contributed by atoms with Gasteiger partial charge < -0.3 is 14.9 Å². The molecule has 2 fully saturated rings. The Morgan fingerprint density at radius 3 is 2.20 bits per heavy atom. The largest absolute Gasteiger partial charge is 0.467 e. The van der Waals surface area contributed by atoms with E-state index in [0.717, 1.165) is 25.2 Å². The molecule has 2 N–H and O–H groups in total. The number of rotatable bonds is 3. The number of likely N-dealkylation sites (tertiary alicyclic amines) is 1. The first-order valence-corrected chi connectivity index (χ1v) is 7.09. The van der Waals surface area contributed by atoms with Crippen LogP contribution in [-0.2, 0) is 6.54 Å². The second kappa shape index (κ2) is 5.63. The second-order valence-electron chi connectivity index (χ2n) is 5.90. The van der Waals surface area contributed by atoms with Crippen LogP contribution in [0.5, 0.6) is 6.01 Å². The van der Waals surface area contributed by atoms with Crippen LogP contribution in [0, 0.1) is 11.8 Å². The van der Waals surface area contributed by atoms with Gasteiger partial charge in [0.05, 0.1) is 19.3 Å². The zero-order valence-electron chi connectivity index (χ0n) is 11.6. The third-order valence-corrected chi connectivity index (χ3v) is 4.46. The normalized spacial score (nSPS) is 34.0. The summed E-state index contributed by atoms with van der Waals surface area (Å²) in [6, 6.07) is 0.384. The molecule has 0 bridgehead atoms. The minimum atomic E-state index is -0.555. The molecule has 1 aliphatic heterocycles. The first-order chi connectivity index (χ1) is 9.65. The van der Waals surface area contributed by atoms with Crippen molar-refractivity contribution in [1.82, 2.24) is 14.9 Å². The average molecular weight is 279 g/mol. The van der Waals surface area contributed by atoms with E-state index < -0.39 is 12.2 Å². The van der Waals surface area contributed by atoms with Gasteiger partial charge in [0, 0.05) is 37.6 Å². The first-order valence-electron chi connectivity index (χ1n) is 7.09. The molecule has 0 radical (unpaired) electrons. The number of ether oxygens (including phenoxy) is 1. The minimum Gasteiger partial charge on any atom is -0.467 e. The number of nitrogens with zero attached hydrogens (tertiary/aromatic N) is 3. The fourth-order valence-electron chi connectivity index (χ4n) is 3.42. The Morgan fingerprint density at radius 1 is 1.15 bits per heavy atom. The molecule has 20 heavy (non-hydrogen) atoms. The summed E-state index contributed by atoms with van der Waals surface area (Å²) < 4.78 is 4.95. The van der Waals surface area contributed by atoms with Crippen LogP contribution in [0.2, 0.25) is 0 Å². The van der Waals surface area contributed by atoms with E-state index in [2.05, 4.69) is 14.9 Å². The van der Waals surface area contributed by atoms with Gasteiger partial charge >= 0.3 is 6.01 Å². The highest BCUT2D eigenvalue weighted by Crippen LogP contribution is 2.36. The lowest BCUT2D eigenvalue weighted by Crippen LogP contribution is -2.38. The van der Waals surface area contributed by atoms with Crippen LogP contribution in [0.3, 0.4) is 0 Å². The summed E-state index contributed by atoms with van der Waals surface area (Å²) in [5, 5.41) is 19.5. The molecule has 1 aromatic heterocycles. The lowest BCUT2D eigenvalue weighted by atomic mass is 9.79. The number of aliphatic hydroxyl groups is 2. The molecular formula is C14H21N3O3. The number of aliphatic hydroxyl groups excluding tert-OH is 2. The molecule has 0 aromatic carbocycles. The predicted molar refractivity (Wildman–Crippen MR) is 72.1 cm³/mol. The van der Waals surface area contributed by atoms with E-state index in [1.807, 2.05) is 0 Å². The number of fused-ring (bicyclic) bond motifs is 1. The highest BCUT2D eigenvalue weighted by Gasteiger charge is 2.40. The third-order valence-electron chi connectivity index (χ3n) is 4.46. The van der Waals surface area contributed by atoms with E-state index in [4.69, 9.17) is 4.74 Å². The Bertz CT molecular complexity index is 435. The second-order valence-corrected chi connectivity index (χ2v) is 5.90. The summed E-state index contributed by atoms with van der Waals surface area (Å²) in [7, 11) is 1.55. The smallest absolute Gasteiger partial charge is 0.316 e. The van der Waals surface area contributed by atoms with E-state index in [-0.39, 0.29) is 0 Å². The van der Waals surface area contributed by atoms with Crippen LogP contribution >= 0.6 is 0 Å². The molecule has 2 heterocycles. The number of methoxy groups -OCH3 is 1. The summed E-state index contributed by atoms with van der Waals surface area (Å²) in [6.45, 7) is 2.75. The van der Waals surface area contributed by atoms with Gasteiger partial charge in [-0.2, -0.15) is 0 Å². The quantitative estimate of drug-likeness (QED) is 0.814. The molecule has 110 valence electrons. The van der Waals surface area contributed by atoms with Crippen molar-refractivity contribution in [3.05, 3.63) is 18.0 Å². The van der Waals surface area contributed by atoms with Gasteiger partial charge in [0.15, 0.2) is 0 Å².